The van der Waals surface area contributed by atoms with Crippen LogP contribution in [0.4, 0.5) is 13.2 Å². The molecule has 0 radical (unpaired) electrons. The number of nitrogens with zero attached hydrogens (tertiary/aromatic N) is 1. The third-order valence-electron chi connectivity index (χ3n) is 3.59. The van der Waals surface area contributed by atoms with E-state index in [0.29, 0.717) is 12.8 Å². The molecule has 21 heavy (non-hydrogen) atoms. The van der Waals surface area contributed by atoms with Gasteiger partial charge in [-0.2, -0.15) is 13.2 Å². The number of carbonyl (C=O) groups is 1. The minimum absolute atomic E-state index is 0.232. The molecule has 0 rings (SSSR count). The van der Waals surface area contributed by atoms with Gasteiger partial charge in [0.25, 0.3) is 0 Å². The van der Waals surface area contributed by atoms with Crippen molar-refractivity contribution in [2.24, 2.45) is 0 Å². The van der Waals surface area contributed by atoms with Crippen molar-refractivity contribution in [3.63, 3.8) is 0 Å². The molecule has 0 aromatic rings. The fourth-order valence-electron chi connectivity index (χ4n) is 2.31. The van der Waals surface area contributed by atoms with E-state index in [-0.39, 0.29) is 13.1 Å². The summed E-state index contributed by atoms with van der Waals surface area (Å²) in [5.41, 5.74) is 0. The summed E-state index contributed by atoms with van der Waals surface area (Å²) in [4.78, 5) is 12.4. The molecule has 0 aliphatic heterocycles. The van der Waals surface area contributed by atoms with Gasteiger partial charge in [0, 0.05) is 13.1 Å². The fourth-order valence-corrected chi connectivity index (χ4v) is 2.31. The predicted molar refractivity (Wildman–Crippen MR) is 80.2 cm³/mol. The first-order chi connectivity index (χ1) is 9.93. The molecule has 0 bridgehead atoms. The maximum atomic E-state index is 12.6. The number of rotatable bonds is 12. The smallest absolute Gasteiger partial charge is 0.335 e. The van der Waals surface area contributed by atoms with E-state index in [1.54, 1.807) is 0 Å². The highest BCUT2D eigenvalue weighted by Crippen LogP contribution is 2.19. The van der Waals surface area contributed by atoms with Gasteiger partial charge in [-0.15, -0.1) is 0 Å². The highest BCUT2D eigenvalue weighted by Gasteiger charge is 2.41. The lowest BCUT2D eigenvalue weighted by molar-refractivity contribution is -0.185. The Bertz CT molecular complexity index is 253. The Kier molecular flexibility index (Phi) is 11.5. The van der Waals surface area contributed by atoms with Gasteiger partial charge in [0.2, 0.25) is 0 Å². The van der Waals surface area contributed by atoms with Crippen LogP contribution in [-0.4, -0.2) is 30.1 Å². The van der Waals surface area contributed by atoms with Gasteiger partial charge in [-0.05, 0) is 12.8 Å². The van der Waals surface area contributed by atoms with Gasteiger partial charge in [-0.1, -0.05) is 65.2 Å². The molecule has 0 spiro atoms. The lowest BCUT2D eigenvalue weighted by Gasteiger charge is -2.23. The SMILES string of the molecule is CCCCCCCN(CCCCCCC)C(=O)C(F)(F)F. The standard InChI is InChI=1S/C16H30F3NO/c1-3-5-7-9-11-13-20(15(21)16(17,18)19)14-12-10-8-6-4-2/h3-14H2,1-2H3. The van der Waals surface area contributed by atoms with Gasteiger partial charge in [0.15, 0.2) is 0 Å². The molecule has 5 heteroatoms. The van der Waals surface area contributed by atoms with Crippen LogP contribution < -0.4 is 0 Å². The summed E-state index contributed by atoms with van der Waals surface area (Å²) < 4.78 is 37.7. The largest absolute Gasteiger partial charge is 0.471 e. The van der Waals surface area contributed by atoms with Crippen LogP contribution in [0.15, 0.2) is 0 Å². The molecule has 0 aliphatic carbocycles. The first-order valence-corrected chi connectivity index (χ1v) is 8.29. The zero-order chi connectivity index (χ0) is 16.1. The lowest BCUT2D eigenvalue weighted by atomic mass is 10.1. The topological polar surface area (TPSA) is 20.3 Å². The molecule has 0 saturated heterocycles. The second-order valence-corrected chi connectivity index (χ2v) is 5.62. The van der Waals surface area contributed by atoms with Crippen molar-refractivity contribution in [1.82, 2.24) is 4.90 Å². The van der Waals surface area contributed by atoms with Crippen molar-refractivity contribution in [2.75, 3.05) is 13.1 Å². The molecule has 0 aromatic heterocycles. The van der Waals surface area contributed by atoms with Crippen LogP contribution in [0.25, 0.3) is 0 Å². The Hall–Kier alpha value is -0.740. The molecule has 0 unspecified atom stereocenters. The highest BCUT2D eigenvalue weighted by molar-refractivity contribution is 5.81. The third-order valence-corrected chi connectivity index (χ3v) is 3.59. The monoisotopic (exact) mass is 309 g/mol. The van der Waals surface area contributed by atoms with Gasteiger partial charge in [-0.25, -0.2) is 0 Å². The molecule has 0 aliphatic rings. The van der Waals surface area contributed by atoms with E-state index >= 15 is 0 Å². The van der Waals surface area contributed by atoms with Gasteiger partial charge in [0.05, 0.1) is 0 Å². The van der Waals surface area contributed by atoms with Crippen LogP contribution in [0.3, 0.4) is 0 Å². The van der Waals surface area contributed by atoms with Crippen LogP contribution in [-0.2, 0) is 4.79 Å². The average molecular weight is 309 g/mol. The van der Waals surface area contributed by atoms with Crippen molar-refractivity contribution < 1.29 is 18.0 Å². The second-order valence-electron chi connectivity index (χ2n) is 5.62. The zero-order valence-electron chi connectivity index (χ0n) is 13.5. The third kappa shape index (κ3) is 10.6. The molecule has 0 atom stereocenters. The van der Waals surface area contributed by atoms with E-state index in [2.05, 4.69) is 13.8 Å². The van der Waals surface area contributed by atoms with Crippen LogP contribution in [0, 0.1) is 0 Å². The number of unbranched alkanes of at least 4 members (excludes halogenated alkanes) is 8. The number of carbonyl (C=O) groups excluding carboxylic acids is 1. The number of alkyl halides is 3. The van der Waals surface area contributed by atoms with Crippen LogP contribution >= 0.6 is 0 Å². The maximum absolute atomic E-state index is 12.6. The molecule has 126 valence electrons. The average Bonchev–Trinajstić information content (AvgIpc) is 2.43. The van der Waals surface area contributed by atoms with Crippen molar-refractivity contribution in [3.05, 3.63) is 0 Å². The van der Waals surface area contributed by atoms with Crippen molar-refractivity contribution in [1.29, 1.82) is 0 Å². The summed E-state index contributed by atoms with van der Waals surface area (Å²) in [5.74, 6) is -1.67. The Balaban J connectivity index is 4.13. The van der Waals surface area contributed by atoms with Crippen molar-refractivity contribution in [3.8, 4) is 0 Å². The molecule has 0 fully saturated rings. The van der Waals surface area contributed by atoms with Crippen molar-refractivity contribution in [2.45, 2.75) is 84.2 Å². The summed E-state index contributed by atoms with van der Waals surface area (Å²) in [6.45, 7) is 4.65. The molecule has 2 nitrogen and oxygen atoms in total. The quantitative estimate of drug-likeness (QED) is 0.447. The minimum Gasteiger partial charge on any atom is -0.335 e. The number of amides is 1. The van der Waals surface area contributed by atoms with E-state index in [9.17, 15) is 18.0 Å². The molecular formula is C16H30F3NO. The summed E-state index contributed by atoms with van der Waals surface area (Å²) in [6.07, 6.45) is 4.83. The Morgan fingerprint density at radius 3 is 1.48 bits per heavy atom. The minimum atomic E-state index is -4.74. The maximum Gasteiger partial charge on any atom is 0.471 e. The van der Waals surface area contributed by atoms with Gasteiger partial charge in [0.1, 0.15) is 0 Å². The predicted octanol–water partition coefficient (Wildman–Crippen LogP) is 5.32. The van der Waals surface area contributed by atoms with Crippen LogP contribution in [0.5, 0.6) is 0 Å². The van der Waals surface area contributed by atoms with Gasteiger partial charge >= 0.3 is 12.1 Å². The van der Waals surface area contributed by atoms with E-state index in [1.807, 2.05) is 0 Å². The highest BCUT2D eigenvalue weighted by atomic mass is 19.4. The number of hydrogen-bond acceptors (Lipinski definition) is 1. The van der Waals surface area contributed by atoms with Crippen LogP contribution in [0.2, 0.25) is 0 Å². The van der Waals surface area contributed by atoms with Crippen LogP contribution in [0.1, 0.15) is 78.1 Å². The van der Waals surface area contributed by atoms with E-state index in [1.165, 1.54) is 0 Å². The summed E-state index contributed by atoms with van der Waals surface area (Å²) in [5, 5.41) is 0. The number of hydrogen-bond donors (Lipinski definition) is 0. The summed E-state index contributed by atoms with van der Waals surface area (Å²) in [7, 11) is 0. The number of halogens is 3. The normalized spacial score (nSPS) is 11.7. The van der Waals surface area contributed by atoms with Gasteiger partial charge in [-0.3, -0.25) is 4.79 Å². The zero-order valence-corrected chi connectivity index (χ0v) is 13.5. The molecule has 0 N–H and O–H groups in total. The summed E-state index contributed by atoms with van der Waals surface area (Å²) >= 11 is 0. The Labute approximate surface area is 127 Å². The lowest BCUT2D eigenvalue weighted by Crippen LogP contribution is -2.42. The Morgan fingerprint density at radius 2 is 1.14 bits per heavy atom. The first-order valence-electron chi connectivity index (χ1n) is 8.29. The molecule has 0 aromatic carbocycles. The first kappa shape index (κ1) is 20.3. The Morgan fingerprint density at radius 1 is 0.762 bits per heavy atom. The molecule has 0 saturated carbocycles. The van der Waals surface area contributed by atoms with E-state index in [0.717, 1.165) is 56.3 Å². The molecular weight excluding hydrogens is 279 g/mol. The van der Waals surface area contributed by atoms with Gasteiger partial charge < -0.3 is 4.90 Å². The van der Waals surface area contributed by atoms with Crippen molar-refractivity contribution >= 4 is 5.91 Å². The van der Waals surface area contributed by atoms with E-state index in [4.69, 9.17) is 0 Å². The molecule has 0 heterocycles. The van der Waals surface area contributed by atoms with E-state index < -0.39 is 12.1 Å². The fraction of sp³-hybridized carbons (Fsp3) is 0.938. The molecule has 1 amide bonds. The second kappa shape index (κ2) is 11.9. The summed E-state index contributed by atoms with van der Waals surface area (Å²) in [6, 6.07) is 0.